The van der Waals surface area contributed by atoms with Gasteiger partial charge >= 0.3 is 0 Å². The highest BCUT2D eigenvalue weighted by atomic mass is 32.2. The standard InChI is InChI=1S/C13H26N4O3S/c1-5-12(2)17(8-9-20-4)21(18,19)13-10-15-16(11-13)7-6-14-3/h10-12,14H,5-9H2,1-4H3. The molecule has 0 aliphatic rings. The molecule has 0 amide bonds. The molecule has 1 heterocycles. The van der Waals surface area contributed by atoms with E-state index in [-0.39, 0.29) is 10.9 Å². The molecule has 0 aromatic carbocycles. The van der Waals surface area contributed by atoms with Crippen LogP contribution in [0.15, 0.2) is 17.3 Å². The van der Waals surface area contributed by atoms with Crippen molar-refractivity contribution in [1.82, 2.24) is 19.4 Å². The molecule has 7 nitrogen and oxygen atoms in total. The van der Waals surface area contributed by atoms with Crippen molar-refractivity contribution >= 4 is 10.0 Å². The third-order valence-electron chi connectivity index (χ3n) is 3.41. The molecule has 1 aromatic rings. The minimum Gasteiger partial charge on any atom is -0.383 e. The fourth-order valence-electron chi connectivity index (χ4n) is 1.92. The minimum absolute atomic E-state index is 0.0780. The maximum atomic E-state index is 12.7. The number of methoxy groups -OCH3 is 1. The van der Waals surface area contributed by atoms with Gasteiger partial charge in [0.25, 0.3) is 0 Å². The molecule has 0 bridgehead atoms. The number of aromatic nitrogens is 2. The Morgan fingerprint density at radius 3 is 2.81 bits per heavy atom. The fourth-order valence-corrected chi connectivity index (χ4v) is 3.57. The van der Waals surface area contributed by atoms with Gasteiger partial charge in [-0.2, -0.15) is 9.40 Å². The number of hydrogen-bond donors (Lipinski definition) is 1. The first-order valence-electron chi connectivity index (χ1n) is 7.15. The lowest BCUT2D eigenvalue weighted by molar-refractivity contribution is 0.167. The van der Waals surface area contributed by atoms with Crippen molar-refractivity contribution in [1.29, 1.82) is 0 Å². The summed E-state index contributed by atoms with van der Waals surface area (Å²) in [5, 5.41) is 7.11. The lowest BCUT2D eigenvalue weighted by atomic mass is 10.3. The van der Waals surface area contributed by atoms with E-state index >= 15 is 0 Å². The van der Waals surface area contributed by atoms with E-state index in [0.717, 1.165) is 13.0 Å². The fraction of sp³-hybridized carbons (Fsp3) is 0.769. The van der Waals surface area contributed by atoms with Crippen LogP contribution in [0.5, 0.6) is 0 Å². The van der Waals surface area contributed by atoms with E-state index in [0.29, 0.717) is 19.7 Å². The molecule has 122 valence electrons. The van der Waals surface area contributed by atoms with Crippen molar-refractivity contribution in [3.63, 3.8) is 0 Å². The molecule has 0 radical (unpaired) electrons. The van der Waals surface area contributed by atoms with Crippen molar-refractivity contribution < 1.29 is 13.2 Å². The van der Waals surface area contributed by atoms with Crippen LogP contribution < -0.4 is 5.32 Å². The van der Waals surface area contributed by atoms with Crippen molar-refractivity contribution in [2.45, 2.75) is 37.8 Å². The molecule has 21 heavy (non-hydrogen) atoms. The van der Waals surface area contributed by atoms with E-state index in [2.05, 4.69) is 10.4 Å². The molecule has 0 aliphatic carbocycles. The Kier molecular flexibility index (Phi) is 7.30. The Hall–Kier alpha value is -0.960. The first-order chi connectivity index (χ1) is 9.97. The Bertz CT molecular complexity index is 515. The molecule has 1 unspecified atom stereocenters. The van der Waals surface area contributed by atoms with Gasteiger partial charge in [0.05, 0.1) is 19.3 Å². The zero-order valence-electron chi connectivity index (χ0n) is 13.2. The Morgan fingerprint density at radius 2 is 2.24 bits per heavy atom. The van der Waals surface area contributed by atoms with Crippen LogP contribution in [0, 0.1) is 0 Å². The third-order valence-corrected chi connectivity index (χ3v) is 5.37. The number of sulfonamides is 1. The van der Waals surface area contributed by atoms with Gasteiger partial charge in [0.2, 0.25) is 10.0 Å². The highest BCUT2D eigenvalue weighted by Gasteiger charge is 2.29. The maximum absolute atomic E-state index is 12.7. The second-order valence-corrected chi connectivity index (χ2v) is 6.80. The molecule has 0 saturated carbocycles. The third kappa shape index (κ3) is 4.77. The lowest BCUT2D eigenvalue weighted by Gasteiger charge is -2.26. The van der Waals surface area contributed by atoms with Crippen LogP contribution in [-0.4, -0.2) is 62.4 Å². The Balaban J connectivity index is 2.96. The van der Waals surface area contributed by atoms with Gasteiger partial charge in [-0.15, -0.1) is 0 Å². The number of likely N-dealkylation sites (N-methyl/N-ethyl adjacent to an activating group) is 1. The van der Waals surface area contributed by atoms with Crippen molar-refractivity contribution in [2.24, 2.45) is 0 Å². The van der Waals surface area contributed by atoms with Gasteiger partial charge in [-0.1, -0.05) is 6.92 Å². The SMILES string of the molecule is CCC(C)N(CCOC)S(=O)(=O)c1cnn(CCNC)c1. The Labute approximate surface area is 127 Å². The first kappa shape index (κ1) is 18.1. The summed E-state index contributed by atoms with van der Waals surface area (Å²) in [6.45, 7) is 5.95. The van der Waals surface area contributed by atoms with E-state index in [4.69, 9.17) is 4.74 Å². The Morgan fingerprint density at radius 1 is 1.52 bits per heavy atom. The molecule has 0 fully saturated rings. The molecule has 1 N–H and O–H groups in total. The van der Waals surface area contributed by atoms with E-state index in [1.54, 1.807) is 18.0 Å². The number of nitrogens with zero attached hydrogens (tertiary/aromatic N) is 3. The van der Waals surface area contributed by atoms with Crippen LogP contribution in [-0.2, 0) is 21.3 Å². The van der Waals surface area contributed by atoms with E-state index in [9.17, 15) is 8.42 Å². The zero-order chi connectivity index (χ0) is 15.9. The summed E-state index contributed by atoms with van der Waals surface area (Å²) in [6.07, 6.45) is 3.73. The molecule has 1 aromatic heterocycles. The molecule has 1 atom stereocenters. The summed E-state index contributed by atoms with van der Waals surface area (Å²) < 4.78 is 33.6. The lowest BCUT2D eigenvalue weighted by Crippen LogP contribution is -2.40. The summed E-state index contributed by atoms with van der Waals surface area (Å²) in [6, 6.07) is -0.0780. The highest BCUT2D eigenvalue weighted by Crippen LogP contribution is 2.18. The van der Waals surface area contributed by atoms with E-state index in [1.165, 1.54) is 10.5 Å². The molecule has 1 rings (SSSR count). The topological polar surface area (TPSA) is 76.5 Å². The van der Waals surface area contributed by atoms with Crippen molar-refractivity contribution in [2.75, 3.05) is 33.9 Å². The number of rotatable bonds is 10. The number of nitrogens with one attached hydrogen (secondary N) is 1. The van der Waals surface area contributed by atoms with Crippen molar-refractivity contribution in [3.8, 4) is 0 Å². The van der Waals surface area contributed by atoms with Gasteiger partial charge in [-0.05, 0) is 20.4 Å². The normalized spacial score (nSPS) is 13.8. The van der Waals surface area contributed by atoms with Crippen LogP contribution in [0.25, 0.3) is 0 Å². The van der Waals surface area contributed by atoms with Crippen LogP contribution in [0.4, 0.5) is 0 Å². The summed E-state index contributed by atoms with van der Waals surface area (Å²) in [5.41, 5.74) is 0. The monoisotopic (exact) mass is 318 g/mol. The minimum atomic E-state index is -3.54. The van der Waals surface area contributed by atoms with Gasteiger partial charge in [0.15, 0.2) is 0 Å². The van der Waals surface area contributed by atoms with Gasteiger partial charge in [0, 0.05) is 32.4 Å². The second kappa shape index (κ2) is 8.47. The molecule has 0 spiro atoms. The highest BCUT2D eigenvalue weighted by molar-refractivity contribution is 7.89. The average Bonchev–Trinajstić information content (AvgIpc) is 2.94. The van der Waals surface area contributed by atoms with E-state index < -0.39 is 10.0 Å². The number of ether oxygens (including phenoxy) is 1. The average molecular weight is 318 g/mol. The predicted molar refractivity (Wildman–Crippen MR) is 81.7 cm³/mol. The summed E-state index contributed by atoms with van der Waals surface area (Å²) in [4.78, 5) is 0.231. The zero-order valence-corrected chi connectivity index (χ0v) is 14.1. The summed E-state index contributed by atoms with van der Waals surface area (Å²) in [7, 11) is -0.129. The second-order valence-electron chi connectivity index (χ2n) is 4.91. The largest absolute Gasteiger partial charge is 0.383 e. The van der Waals surface area contributed by atoms with Crippen LogP contribution in [0.2, 0.25) is 0 Å². The smallest absolute Gasteiger partial charge is 0.246 e. The summed E-state index contributed by atoms with van der Waals surface area (Å²) >= 11 is 0. The maximum Gasteiger partial charge on any atom is 0.246 e. The molecule has 8 heteroatoms. The predicted octanol–water partition coefficient (Wildman–Crippen LogP) is 0.538. The summed E-state index contributed by atoms with van der Waals surface area (Å²) in [5.74, 6) is 0. The molecular weight excluding hydrogens is 292 g/mol. The first-order valence-corrected chi connectivity index (χ1v) is 8.59. The molecule has 0 aliphatic heterocycles. The molecule has 0 saturated heterocycles. The number of hydrogen-bond acceptors (Lipinski definition) is 5. The van der Waals surface area contributed by atoms with Crippen LogP contribution in [0.3, 0.4) is 0 Å². The quantitative estimate of drug-likeness (QED) is 0.681. The van der Waals surface area contributed by atoms with Gasteiger partial charge in [-0.3, -0.25) is 4.68 Å². The van der Waals surface area contributed by atoms with Gasteiger partial charge in [0.1, 0.15) is 4.90 Å². The van der Waals surface area contributed by atoms with Gasteiger partial charge < -0.3 is 10.1 Å². The van der Waals surface area contributed by atoms with E-state index in [1.807, 2.05) is 20.9 Å². The molecular formula is C13H26N4O3S. The van der Waals surface area contributed by atoms with Crippen LogP contribution in [0.1, 0.15) is 20.3 Å². The van der Waals surface area contributed by atoms with Gasteiger partial charge in [-0.25, -0.2) is 8.42 Å². The van der Waals surface area contributed by atoms with Crippen LogP contribution >= 0.6 is 0 Å². The van der Waals surface area contributed by atoms with Crippen molar-refractivity contribution in [3.05, 3.63) is 12.4 Å².